The van der Waals surface area contributed by atoms with Crippen LogP contribution >= 0.6 is 22.6 Å². The minimum Gasteiger partial charge on any atom is -0.497 e. The first-order chi connectivity index (χ1) is 18.9. The number of aliphatic imine (C=N–C) groups is 1. The SMILES string of the molecule is COc1ccc(CN(Cc2ccc(C)cc2OC)C2=N[C@@]3(c4ccccc4F)CCO[C@H]3[C@@H](CI)O2)c(C)c1. The van der Waals surface area contributed by atoms with Crippen molar-refractivity contribution in [1.29, 1.82) is 0 Å². The van der Waals surface area contributed by atoms with Gasteiger partial charge in [0.1, 0.15) is 35.1 Å². The van der Waals surface area contributed by atoms with Crippen molar-refractivity contribution in [1.82, 2.24) is 4.90 Å². The number of halogens is 2. The number of benzene rings is 3. The third-order valence-corrected chi connectivity index (χ3v) is 8.49. The van der Waals surface area contributed by atoms with E-state index in [1.54, 1.807) is 20.3 Å². The van der Waals surface area contributed by atoms with Gasteiger partial charge in [0, 0.05) is 28.5 Å². The zero-order valence-electron chi connectivity index (χ0n) is 22.7. The average Bonchev–Trinajstić information content (AvgIpc) is 3.39. The molecule has 2 aliphatic rings. The molecule has 39 heavy (non-hydrogen) atoms. The molecular formula is C31H34FIN2O4. The van der Waals surface area contributed by atoms with E-state index in [9.17, 15) is 0 Å². The molecule has 0 amide bonds. The first kappa shape index (κ1) is 27.7. The summed E-state index contributed by atoms with van der Waals surface area (Å²) < 4.78 is 39.9. The Labute approximate surface area is 243 Å². The molecule has 3 aromatic rings. The maximum absolute atomic E-state index is 15.3. The second-order valence-corrected chi connectivity index (χ2v) is 11.0. The second-order valence-electron chi connectivity index (χ2n) is 10.1. The Morgan fingerprint density at radius 1 is 1.03 bits per heavy atom. The number of methoxy groups -OCH3 is 2. The van der Waals surface area contributed by atoms with Crippen molar-refractivity contribution in [3.63, 3.8) is 0 Å². The lowest BCUT2D eigenvalue weighted by molar-refractivity contribution is -0.0326. The summed E-state index contributed by atoms with van der Waals surface area (Å²) in [6.07, 6.45) is -0.0601. The van der Waals surface area contributed by atoms with Crippen molar-refractivity contribution in [3.8, 4) is 11.5 Å². The van der Waals surface area contributed by atoms with Gasteiger partial charge >= 0.3 is 0 Å². The quantitative estimate of drug-likeness (QED) is 0.212. The Hall–Kier alpha value is -2.85. The van der Waals surface area contributed by atoms with E-state index in [1.807, 2.05) is 37.3 Å². The lowest BCUT2D eigenvalue weighted by Crippen LogP contribution is -2.53. The molecule has 6 nitrogen and oxygen atoms in total. The van der Waals surface area contributed by atoms with Gasteiger partial charge in [-0.3, -0.25) is 0 Å². The molecule has 2 heterocycles. The molecule has 8 heteroatoms. The number of rotatable bonds is 8. The third kappa shape index (κ3) is 5.45. The molecule has 0 aliphatic carbocycles. The van der Waals surface area contributed by atoms with Gasteiger partial charge in [-0.05, 0) is 54.8 Å². The Morgan fingerprint density at radius 2 is 1.79 bits per heavy atom. The van der Waals surface area contributed by atoms with Crippen molar-refractivity contribution >= 4 is 28.6 Å². The summed E-state index contributed by atoms with van der Waals surface area (Å²) in [5.41, 5.74) is 4.04. The van der Waals surface area contributed by atoms with Crippen LogP contribution in [0.2, 0.25) is 0 Å². The van der Waals surface area contributed by atoms with Gasteiger partial charge in [-0.2, -0.15) is 0 Å². The van der Waals surface area contributed by atoms with Gasteiger partial charge in [-0.25, -0.2) is 9.38 Å². The number of fused-ring (bicyclic) bond motifs is 1. The predicted octanol–water partition coefficient (Wildman–Crippen LogP) is 6.34. The zero-order chi connectivity index (χ0) is 27.6. The highest BCUT2D eigenvalue weighted by molar-refractivity contribution is 14.1. The summed E-state index contributed by atoms with van der Waals surface area (Å²) in [7, 11) is 3.35. The third-order valence-electron chi connectivity index (χ3n) is 7.62. The largest absolute Gasteiger partial charge is 0.497 e. The highest BCUT2D eigenvalue weighted by atomic mass is 127. The van der Waals surface area contributed by atoms with E-state index in [4.69, 9.17) is 23.9 Å². The molecule has 0 N–H and O–H groups in total. The van der Waals surface area contributed by atoms with Gasteiger partial charge in [0.05, 0.1) is 27.4 Å². The summed E-state index contributed by atoms with van der Waals surface area (Å²) in [5, 5.41) is 0. The van der Waals surface area contributed by atoms with E-state index in [1.165, 1.54) is 6.07 Å². The molecule has 206 valence electrons. The van der Waals surface area contributed by atoms with Crippen LogP contribution in [0.15, 0.2) is 65.7 Å². The summed E-state index contributed by atoms with van der Waals surface area (Å²) >= 11 is 2.32. The van der Waals surface area contributed by atoms with Crippen LogP contribution in [0.4, 0.5) is 4.39 Å². The van der Waals surface area contributed by atoms with Crippen molar-refractivity contribution in [3.05, 3.63) is 94.3 Å². The van der Waals surface area contributed by atoms with Crippen LogP contribution < -0.4 is 9.47 Å². The van der Waals surface area contributed by atoms with Gasteiger partial charge in [0.2, 0.25) is 0 Å². The zero-order valence-corrected chi connectivity index (χ0v) is 24.9. The summed E-state index contributed by atoms with van der Waals surface area (Å²) in [5.74, 6) is 1.34. The molecule has 0 unspecified atom stereocenters. The topological polar surface area (TPSA) is 52.5 Å². The number of hydrogen-bond donors (Lipinski definition) is 0. The van der Waals surface area contributed by atoms with E-state index in [0.717, 1.165) is 33.8 Å². The molecule has 2 aliphatic heterocycles. The van der Waals surface area contributed by atoms with Gasteiger partial charge in [0.25, 0.3) is 6.02 Å². The van der Waals surface area contributed by atoms with Gasteiger partial charge in [-0.1, -0.05) is 59.0 Å². The molecule has 0 radical (unpaired) electrons. The molecule has 0 spiro atoms. The molecular weight excluding hydrogens is 610 g/mol. The van der Waals surface area contributed by atoms with Crippen molar-refractivity contribution in [2.24, 2.45) is 4.99 Å². The summed E-state index contributed by atoms with van der Waals surface area (Å²) in [4.78, 5) is 7.34. The van der Waals surface area contributed by atoms with Crippen molar-refractivity contribution < 1.29 is 23.3 Å². The molecule has 0 saturated carbocycles. The molecule has 0 aromatic heterocycles. The van der Waals surface area contributed by atoms with Crippen LogP contribution in [-0.2, 0) is 28.1 Å². The normalized spacial score (nSPS) is 22.1. The molecule has 1 fully saturated rings. The number of aryl methyl sites for hydroxylation is 2. The van der Waals surface area contributed by atoms with Crippen LogP contribution in [0, 0.1) is 19.7 Å². The monoisotopic (exact) mass is 644 g/mol. The molecule has 5 rings (SSSR count). The Balaban J connectivity index is 1.62. The van der Waals surface area contributed by atoms with Crippen LogP contribution in [0.1, 0.15) is 34.2 Å². The van der Waals surface area contributed by atoms with Crippen LogP contribution in [0.25, 0.3) is 0 Å². The smallest absolute Gasteiger partial charge is 0.289 e. The van der Waals surface area contributed by atoms with Crippen LogP contribution in [-0.4, -0.2) is 48.4 Å². The first-order valence-electron chi connectivity index (χ1n) is 13.1. The highest BCUT2D eigenvalue weighted by Crippen LogP contribution is 2.46. The average molecular weight is 645 g/mol. The number of alkyl halides is 1. The summed E-state index contributed by atoms with van der Waals surface area (Å²) in [6.45, 7) is 5.65. The van der Waals surface area contributed by atoms with Gasteiger partial charge < -0.3 is 23.8 Å². The minimum atomic E-state index is -0.862. The summed E-state index contributed by atoms with van der Waals surface area (Å²) in [6, 6.07) is 19.6. The van der Waals surface area contributed by atoms with Crippen molar-refractivity contribution in [2.45, 2.75) is 51.1 Å². The maximum atomic E-state index is 15.3. The van der Waals surface area contributed by atoms with Gasteiger partial charge in [-0.15, -0.1) is 0 Å². The Morgan fingerprint density at radius 3 is 2.51 bits per heavy atom. The fourth-order valence-electron chi connectivity index (χ4n) is 5.53. The van der Waals surface area contributed by atoms with E-state index < -0.39 is 5.54 Å². The van der Waals surface area contributed by atoms with Gasteiger partial charge in [0.15, 0.2) is 0 Å². The predicted molar refractivity (Wildman–Crippen MR) is 158 cm³/mol. The van der Waals surface area contributed by atoms with E-state index in [-0.39, 0.29) is 18.0 Å². The minimum absolute atomic E-state index is 0.275. The maximum Gasteiger partial charge on any atom is 0.289 e. The number of amidine groups is 1. The van der Waals surface area contributed by atoms with E-state index in [0.29, 0.717) is 42.1 Å². The second kappa shape index (κ2) is 11.7. The number of ether oxygens (including phenoxy) is 4. The van der Waals surface area contributed by atoms with Crippen molar-refractivity contribution in [2.75, 3.05) is 25.3 Å². The highest BCUT2D eigenvalue weighted by Gasteiger charge is 2.55. The molecule has 1 saturated heterocycles. The fourth-order valence-corrected chi connectivity index (χ4v) is 6.17. The Bertz CT molecular complexity index is 1370. The number of hydrogen-bond acceptors (Lipinski definition) is 6. The Kier molecular flexibility index (Phi) is 8.32. The first-order valence-corrected chi connectivity index (χ1v) is 14.6. The lowest BCUT2D eigenvalue weighted by Gasteiger charge is -2.42. The van der Waals surface area contributed by atoms with Crippen LogP contribution in [0.5, 0.6) is 11.5 Å². The molecule has 3 atom stereocenters. The van der Waals surface area contributed by atoms with E-state index >= 15 is 4.39 Å². The molecule has 3 aromatic carbocycles. The molecule has 0 bridgehead atoms. The fraction of sp³-hybridized carbons (Fsp3) is 0.387. The lowest BCUT2D eigenvalue weighted by atomic mass is 9.81. The number of nitrogens with zero attached hydrogens (tertiary/aromatic N) is 2. The standard InChI is InChI=1S/C31H34FIN2O4/c1-20-9-10-23(27(15-20)37-4)19-35(18-22-11-12-24(36-3)16-21(22)2)30-34-31(25-7-5-6-8-26(25)32)13-14-38-29(31)28(17-33)39-30/h5-12,15-16,28-29H,13-14,17-19H2,1-4H3/t28-,29+,31-/m1/s1. The van der Waals surface area contributed by atoms with Crippen LogP contribution in [0.3, 0.4) is 0 Å². The van der Waals surface area contributed by atoms with E-state index in [2.05, 4.69) is 52.6 Å².